The summed E-state index contributed by atoms with van der Waals surface area (Å²) in [5, 5.41) is 1.79. The van der Waals surface area contributed by atoms with Crippen LogP contribution < -0.4 is 10.2 Å². The Labute approximate surface area is 189 Å². The molecule has 4 rings (SSSR count). The van der Waals surface area contributed by atoms with Gasteiger partial charge in [-0.15, -0.1) is 6.42 Å². The third kappa shape index (κ3) is 4.67. The van der Waals surface area contributed by atoms with Gasteiger partial charge in [-0.1, -0.05) is 54.2 Å². The SMILES string of the molecule is [CH2-]CC(=O)NC(=O)Cc1ccc2c(c1)SC1(/C=C/c3ccccc3)OCCN21.[Ti]. The van der Waals surface area contributed by atoms with Crippen molar-refractivity contribution in [1.29, 1.82) is 0 Å². The molecular weight excluding hydrogens is 420 g/mol. The largest absolute Gasteiger partial charge is 0.341 e. The molecule has 0 radical (unpaired) electrons. The van der Waals surface area contributed by atoms with Crippen molar-refractivity contribution in [2.75, 3.05) is 18.1 Å². The first-order chi connectivity index (χ1) is 13.6. The van der Waals surface area contributed by atoms with Gasteiger partial charge in [0, 0.05) is 33.2 Å². The molecule has 29 heavy (non-hydrogen) atoms. The summed E-state index contributed by atoms with van der Waals surface area (Å²) in [6, 6.07) is 16.1. The Balaban J connectivity index is 0.00000240. The molecular formula is C22H21N2O3STi-. The number of hydrogen-bond acceptors (Lipinski definition) is 5. The van der Waals surface area contributed by atoms with Gasteiger partial charge in [0.05, 0.1) is 18.7 Å². The molecule has 2 heterocycles. The summed E-state index contributed by atoms with van der Waals surface area (Å²) in [4.78, 5) is 26.6. The summed E-state index contributed by atoms with van der Waals surface area (Å²) >= 11 is 1.64. The number of thioether (sulfide) groups is 1. The molecule has 1 saturated heterocycles. The van der Waals surface area contributed by atoms with Crippen LogP contribution in [0.1, 0.15) is 17.5 Å². The average molecular weight is 441 g/mol. The second-order valence-corrected chi connectivity index (χ2v) is 7.91. The summed E-state index contributed by atoms with van der Waals surface area (Å²) in [5.41, 5.74) is 3.10. The van der Waals surface area contributed by atoms with E-state index < -0.39 is 5.06 Å². The van der Waals surface area contributed by atoms with Gasteiger partial charge < -0.3 is 16.6 Å². The van der Waals surface area contributed by atoms with E-state index in [1.807, 2.05) is 36.4 Å². The van der Waals surface area contributed by atoms with Crippen LogP contribution in [-0.2, 0) is 42.5 Å². The topological polar surface area (TPSA) is 58.6 Å². The van der Waals surface area contributed by atoms with Crippen LogP contribution in [0.3, 0.4) is 0 Å². The van der Waals surface area contributed by atoms with Crippen LogP contribution in [0.15, 0.2) is 59.5 Å². The first-order valence-corrected chi connectivity index (χ1v) is 10.0. The van der Waals surface area contributed by atoms with Crippen LogP contribution in [0, 0.1) is 6.92 Å². The predicted octanol–water partition coefficient (Wildman–Crippen LogP) is 3.40. The maximum absolute atomic E-state index is 12.0. The fourth-order valence-electron chi connectivity index (χ4n) is 3.41. The van der Waals surface area contributed by atoms with Gasteiger partial charge in [-0.25, -0.2) is 0 Å². The van der Waals surface area contributed by atoms with Gasteiger partial charge in [-0.05, 0) is 29.3 Å². The molecule has 0 spiro atoms. The fraction of sp³-hybridized carbons (Fsp3) is 0.227. The van der Waals surface area contributed by atoms with E-state index in [0.717, 1.165) is 28.3 Å². The number of amides is 2. The van der Waals surface area contributed by atoms with Crippen LogP contribution in [0.5, 0.6) is 0 Å². The molecule has 2 aromatic rings. The van der Waals surface area contributed by atoms with Crippen LogP contribution in [0.25, 0.3) is 6.08 Å². The molecule has 2 aliphatic rings. The van der Waals surface area contributed by atoms with Gasteiger partial charge in [0.15, 0.2) is 5.91 Å². The van der Waals surface area contributed by atoms with Crippen LogP contribution in [0.4, 0.5) is 5.69 Å². The molecule has 1 atom stereocenters. The van der Waals surface area contributed by atoms with Gasteiger partial charge in [0.2, 0.25) is 11.0 Å². The molecule has 0 bridgehead atoms. The van der Waals surface area contributed by atoms with E-state index in [4.69, 9.17) is 4.74 Å². The van der Waals surface area contributed by atoms with Gasteiger partial charge in [0.1, 0.15) is 0 Å². The third-order valence-corrected chi connectivity index (χ3v) is 6.04. The number of anilines is 1. The molecule has 1 fully saturated rings. The third-order valence-electron chi connectivity index (χ3n) is 4.73. The monoisotopic (exact) mass is 441 g/mol. The number of nitrogens with one attached hydrogen (secondary N) is 1. The minimum Gasteiger partial charge on any atom is -0.341 e. The smallest absolute Gasteiger partial charge is 0.230 e. The maximum Gasteiger partial charge on any atom is 0.230 e. The summed E-state index contributed by atoms with van der Waals surface area (Å²) in [7, 11) is 0. The van der Waals surface area contributed by atoms with Gasteiger partial charge in [-0.3, -0.25) is 14.9 Å². The predicted molar refractivity (Wildman–Crippen MR) is 111 cm³/mol. The fourth-order valence-corrected chi connectivity index (χ4v) is 4.79. The molecule has 1 N–H and O–H groups in total. The summed E-state index contributed by atoms with van der Waals surface area (Å²) in [6.07, 6.45) is 4.39. The zero-order valence-corrected chi connectivity index (χ0v) is 18.3. The molecule has 0 aliphatic carbocycles. The zero-order chi connectivity index (χ0) is 19.6. The maximum atomic E-state index is 12.0. The number of hydrogen-bond donors (Lipinski definition) is 1. The Morgan fingerprint density at radius 1 is 1.21 bits per heavy atom. The number of benzene rings is 2. The number of nitrogens with zero attached hydrogens (tertiary/aromatic N) is 1. The van der Waals surface area contributed by atoms with Crippen molar-refractivity contribution >= 4 is 35.3 Å². The van der Waals surface area contributed by atoms with Crippen molar-refractivity contribution in [3.05, 3.63) is 72.7 Å². The minimum atomic E-state index is -0.553. The molecule has 2 aromatic carbocycles. The van der Waals surface area contributed by atoms with Gasteiger partial charge in [0.25, 0.3) is 0 Å². The Morgan fingerprint density at radius 2 is 2.00 bits per heavy atom. The van der Waals surface area contributed by atoms with Crippen molar-refractivity contribution in [1.82, 2.24) is 5.32 Å². The Kier molecular flexibility index (Phi) is 7.01. The molecule has 2 amide bonds. The summed E-state index contributed by atoms with van der Waals surface area (Å²) in [5.74, 6) is -0.674. The Morgan fingerprint density at radius 3 is 2.76 bits per heavy atom. The molecule has 0 aromatic heterocycles. The molecule has 1 unspecified atom stereocenters. The number of carbonyl (C=O) groups excluding carboxylic acids is 2. The van der Waals surface area contributed by atoms with Crippen molar-refractivity contribution in [3.8, 4) is 0 Å². The Hall–Kier alpha value is -1.86. The molecule has 148 valence electrons. The number of rotatable bonds is 5. The van der Waals surface area contributed by atoms with E-state index in [1.165, 1.54) is 0 Å². The van der Waals surface area contributed by atoms with E-state index in [0.29, 0.717) is 6.61 Å². The standard InChI is InChI=1S/C22H21N2O3S.Ti/c1-2-20(25)23-21(26)15-17-8-9-18-19(14-17)28-22(24(18)12-13-27-22)11-10-16-6-4-3-5-7-16;/h3-11,14H,1-2,12-13,15H2,(H,23,25,26);/q-1;/b11-10+;. The second-order valence-electron chi connectivity index (χ2n) is 6.68. The quantitative estimate of drug-likeness (QED) is 0.570. The van der Waals surface area contributed by atoms with E-state index in [2.05, 4.69) is 41.4 Å². The van der Waals surface area contributed by atoms with Crippen LogP contribution in [-0.4, -0.2) is 30.0 Å². The van der Waals surface area contributed by atoms with Crippen molar-refractivity contribution in [3.63, 3.8) is 0 Å². The van der Waals surface area contributed by atoms with Gasteiger partial charge >= 0.3 is 0 Å². The molecule has 2 aliphatic heterocycles. The molecule has 0 saturated carbocycles. The average Bonchev–Trinajstić information content (AvgIpc) is 3.23. The molecule has 7 heteroatoms. The molecule has 5 nitrogen and oxygen atoms in total. The van der Waals surface area contributed by atoms with E-state index >= 15 is 0 Å². The van der Waals surface area contributed by atoms with Crippen LogP contribution in [0.2, 0.25) is 0 Å². The number of carbonyl (C=O) groups is 2. The van der Waals surface area contributed by atoms with Crippen molar-refractivity contribution in [2.45, 2.75) is 22.8 Å². The normalized spacial score (nSPS) is 19.6. The van der Waals surface area contributed by atoms with Crippen molar-refractivity contribution < 1.29 is 36.0 Å². The van der Waals surface area contributed by atoms with Crippen molar-refractivity contribution in [2.24, 2.45) is 0 Å². The number of fused-ring (bicyclic) bond motifs is 3. The minimum absolute atomic E-state index is 0. The summed E-state index contributed by atoms with van der Waals surface area (Å²) in [6.45, 7) is 4.96. The summed E-state index contributed by atoms with van der Waals surface area (Å²) < 4.78 is 6.13. The van der Waals surface area contributed by atoms with E-state index in [9.17, 15) is 9.59 Å². The number of imide groups is 1. The second kappa shape index (κ2) is 9.31. The number of ether oxygens (including phenoxy) is 1. The zero-order valence-electron chi connectivity index (χ0n) is 15.9. The van der Waals surface area contributed by atoms with Gasteiger partial charge in [-0.2, -0.15) is 0 Å². The first kappa shape index (κ1) is 21.8. The Bertz CT molecular complexity index is 935. The van der Waals surface area contributed by atoms with E-state index in [-0.39, 0.29) is 46.4 Å². The van der Waals surface area contributed by atoms with E-state index in [1.54, 1.807) is 11.8 Å². The van der Waals surface area contributed by atoms with Crippen LogP contribution >= 0.6 is 11.8 Å². The first-order valence-electron chi connectivity index (χ1n) is 9.19.